The largest absolute Gasteiger partial charge is 0.107 e. The zero-order valence-electron chi connectivity index (χ0n) is 5.66. The molecular formula is C6H12Cl2Hf. The summed E-state index contributed by atoms with van der Waals surface area (Å²) in [4.78, 5) is -0.151. The predicted molar refractivity (Wildman–Crippen MR) is 39.6 cm³/mol. The smallest absolute Gasteiger partial charge is 0.105 e. The van der Waals surface area contributed by atoms with E-state index in [-0.39, 0.29) is 30.7 Å². The molecule has 9 heavy (non-hydrogen) atoms. The molecule has 0 saturated carbocycles. The molecule has 0 atom stereocenters. The van der Waals surface area contributed by atoms with Gasteiger partial charge in [-0.15, -0.1) is 23.2 Å². The van der Waals surface area contributed by atoms with E-state index >= 15 is 0 Å². The minimum absolute atomic E-state index is 0. The minimum atomic E-state index is -0.151. The Morgan fingerprint density at radius 1 is 1.22 bits per heavy atom. The van der Waals surface area contributed by atoms with Crippen molar-refractivity contribution in [2.45, 2.75) is 37.4 Å². The van der Waals surface area contributed by atoms with Crippen LogP contribution in [0.15, 0.2) is 0 Å². The van der Waals surface area contributed by atoms with E-state index < -0.39 is 0 Å². The fraction of sp³-hybridized carbons (Fsp3) is 1.00. The molecule has 0 nitrogen and oxygen atoms in total. The zero-order chi connectivity index (χ0) is 6.41. The number of unbranched alkanes of at least 4 members (excludes halogenated alkanes) is 2. The Morgan fingerprint density at radius 2 is 1.78 bits per heavy atom. The topological polar surface area (TPSA) is 0 Å². The fourth-order valence-corrected chi connectivity index (χ4v) is 0.857. The van der Waals surface area contributed by atoms with Crippen molar-refractivity contribution in [3.63, 3.8) is 0 Å². The quantitative estimate of drug-likeness (QED) is 0.420. The molecule has 0 aromatic carbocycles. The Labute approximate surface area is 86.1 Å². The molecule has 0 aromatic rings. The van der Waals surface area contributed by atoms with Gasteiger partial charge in [0, 0.05) is 25.8 Å². The van der Waals surface area contributed by atoms with Crippen LogP contribution in [0.5, 0.6) is 0 Å². The average Bonchev–Trinajstić information content (AvgIpc) is 1.66. The van der Waals surface area contributed by atoms with Gasteiger partial charge in [-0.3, -0.25) is 0 Å². The van der Waals surface area contributed by atoms with Crippen LogP contribution in [0.1, 0.15) is 32.6 Å². The molecule has 0 aliphatic heterocycles. The number of hydrogen-bond donors (Lipinski definition) is 0. The number of hydrogen-bond acceptors (Lipinski definition) is 0. The first kappa shape index (κ1) is 13.1. The second kappa shape index (κ2) is 9.45. The standard InChI is InChI=1S/C6H12Cl2.Hf/c1-2-3-4-5-6(7)8;/h6H,2-5H2,1H3;. The second-order valence-corrected chi connectivity index (χ2v) is 3.16. The van der Waals surface area contributed by atoms with E-state index in [0.717, 1.165) is 12.8 Å². The van der Waals surface area contributed by atoms with E-state index in [1.54, 1.807) is 0 Å². The molecule has 0 rings (SSSR count). The summed E-state index contributed by atoms with van der Waals surface area (Å²) >= 11 is 11.0. The summed E-state index contributed by atoms with van der Waals surface area (Å²) in [6.07, 6.45) is 4.58. The van der Waals surface area contributed by atoms with Crippen molar-refractivity contribution in [1.82, 2.24) is 0 Å². The SMILES string of the molecule is CCCCCC(Cl)Cl.[Hf]. The third-order valence-electron chi connectivity index (χ3n) is 1.03. The number of rotatable bonds is 4. The maximum absolute atomic E-state index is 5.48. The molecule has 0 radical (unpaired) electrons. The van der Waals surface area contributed by atoms with Crippen LogP contribution in [0.2, 0.25) is 0 Å². The molecular weight excluding hydrogens is 321 g/mol. The van der Waals surface area contributed by atoms with Crippen molar-refractivity contribution in [3.05, 3.63) is 0 Å². The average molecular weight is 334 g/mol. The summed E-state index contributed by atoms with van der Waals surface area (Å²) in [6, 6.07) is 0. The molecule has 0 heterocycles. The predicted octanol–water partition coefficient (Wildman–Crippen LogP) is 3.37. The van der Waals surface area contributed by atoms with Crippen LogP contribution >= 0.6 is 23.2 Å². The Balaban J connectivity index is 0. The summed E-state index contributed by atoms with van der Waals surface area (Å²) < 4.78 is 0. The summed E-state index contributed by atoms with van der Waals surface area (Å²) in [6.45, 7) is 2.16. The molecule has 54 valence electrons. The maximum atomic E-state index is 5.48. The van der Waals surface area contributed by atoms with Crippen LogP contribution in [0, 0.1) is 0 Å². The molecule has 0 aliphatic carbocycles. The van der Waals surface area contributed by atoms with Crippen LogP contribution in [0.4, 0.5) is 0 Å². The third-order valence-corrected chi connectivity index (χ3v) is 1.46. The summed E-state index contributed by atoms with van der Waals surface area (Å²) in [5, 5.41) is 0. The summed E-state index contributed by atoms with van der Waals surface area (Å²) in [5.41, 5.74) is 0. The van der Waals surface area contributed by atoms with Crippen molar-refractivity contribution >= 4 is 23.2 Å². The second-order valence-electron chi connectivity index (χ2n) is 1.89. The Hall–Kier alpha value is 1.45. The molecule has 0 spiro atoms. The minimum Gasteiger partial charge on any atom is -0.105 e. The summed E-state index contributed by atoms with van der Waals surface area (Å²) in [5.74, 6) is 0. The van der Waals surface area contributed by atoms with Crippen LogP contribution in [-0.4, -0.2) is 4.84 Å². The van der Waals surface area contributed by atoms with Gasteiger partial charge in [0.1, 0.15) is 4.84 Å². The molecule has 0 N–H and O–H groups in total. The molecule has 0 saturated heterocycles. The van der Waals surface area contributed by atoms with Crippen LogP contribution in [0.25, 0.3) is 0 Å². The van der Waals surface area contributed by atoms with E-state index in [2.05, 4.69) is 6.92 Å². The van der Waals surface area contributed by atoms with Crippen molar-refractivity contribution in [2.75, 3.05) is 0 Å². The van der Waals surface area contributed by atoms with Gasteiger partial charge in [-0.1, -0.05) is 26.2 Å². The van der Waals surface area contributed by atoms with Gasteiger partial charge in [0.05, 0.1) is 0 Å². The Kier molecular flexibility index (Phi) is 13.7. The molecule has 0 amide bonds. The van der Waals surface area contributed by atoms with Gasteiger partial charge in [0.2, 0.25) is 0 Å². The van der Waals surface area contributed by atoms with E-state index in [1.807, 2.05) is 0 Å². The first-order valence-electron chi connectivity index (χ1n) is 3.05. The molecule has 0 unspecified atom stereocenters. The molecule has 0 fully saturated rings. The van der Waals surface area contributed by atoms with Gasteiger partial charge >= 0.3 is 0 Å². The first-order chi connectivity index (χ1) is 3.77. The van der Waals surface area contributed by atoms with E-state index in [0.29, 0.717) is 0 Å². The van der Waals surface area contributed by atoms with Crippen LogP contribution in [0.3, 0.4) is 0 Å². The third kappa shape index (κ3) is 12.6. The normalized spacial score (nSPS) is 9.33. The van der Waals surface area contributed by atoms with E-state index in [4.69, 9.17) is 23.2 Å². The Morgan fingerprint density at radius 3 is 2.11 bits per heavy atom. The monoisotopic (exact) mass is 334 g/mol. The van der Waals surface area contributed by atoms with Gasteiger partial charge < -0.3 is 0 Å². The van der Waals surface area contributed by atoms with Gasteiger partial charge in [-0.25, -0.2) is 0 Å². The molecule has 0 aliphatic rings. The fourth-order valence-electron chi connectivity index (χ4n) is 0.549. The summed E-state index contributed by atoms with van der Waals surface area (Å²) in [7, 11) is 0. The zero-order valence-corrected chi connectivity index (χ0v) is 10.8. The Bertz CT molecular complexity index is 48.3. The van der Waals surface area contributed by atoms with Crippen molar-refractivity contribution in [2.24, 2.45) is 0 Å². The molecule has 0 aromatic heterocycles. The number of alkyl halides is 2. The van der Waals surface area contributed by atoms with Crippen molar-refractivity contribution < 1.29 is 25.8 Å². The van der Waals surface area contributed by atoms with E-state index in [9.17, 15) is 0 Å². The van der Waals surface area contributed by atoms with Gasteiger partial charge in [0.15, 0.2) is 0 Å². The van der Waals surface area contributed by atoms with Crippen LogP contribution < -0.4 is 0 Å². The van der Waals surface area contributed by atoms with Crippen molar-refractivity contribution in [1.29, 1.82) is 0 Å². The molecule has 0 bridgehead atoms. The van der Waals surface area contributed by atoms with E-state index in [1.165, 1.54) is 12.8 Å². The van der Waals surface area contributed by atoms with Crippen molar-refractivity contribution in [3.8, 4) is 0 Å². The maximum Gasteiger partial charge on any atom is 0.107 e. The van der Waals surface area contributed by atoms with Gasteiger partial charge in [-0.05, 0) is 6.42 Å². The van der Waals surface area contributed by atoms with Gasteiger partial charge in [0.25, 0.3) is 0 Å². The van der Waals surface area contributed by atoms with Gasteiger partial charge in [-0.2, -0.15) is 0 Å². The molecule has 3 heteroatoms. The van der Waals surface area contributed by atoms with Crippen LogP contribution in [-0.2, 0) is 25.8 Å². The number of halogens is 2. The first-order valence-corrected chi connectivity index (χ1v) is 3.92.